The number of hydrogen-bond acceptors (Lipinski definition) is 5. The monoisotopic (exact) mass is 290 g/mol. The lowest BCUT2D eigenvalue weighted by molar-refractivity contribution is -0.122. The number of carbonyl (C=O) groups excluding carboxylic acids is 1. The summed E-state index contributed by atoms with van der Waals surface area (Å²) in [6, 6.07) is 3.92. The van der Waals surface area contributed by atoms with Gasteiger partial charge in [0.15, 0.2) is 11.5 Å². The molecule has 0 fully saturated rings. The molecule has 6 N–H and O–H groups in total. The number of amides is 1. The summed E-state index contributed by atoms with van der Waals surface area (Å²) in [6.45, 7) is 0.403. The van der Waals surface area contributed by atoms with E-state index in [2.05, 4.69) is 15.3 Å². The van der Waals surface area contributed by atoms with Gasteiger partial charge in [-0.3, -0.25) is 4.79 Å². The fourth-order valence-electron chi connectivity index (χ4n) is 1.91. The van der Waals surface area contributed by atoms with Gasteiger partial charge in [-0.2, -0.15) is 0 Å². The Hall–Kier alpha value is -2.54. The molecule has 0 unspecified atom stereocenters. The van der Waals surface area contributed by atoms with E-state index in [0.717, 1.165) is 11.3 Å². The molecule has 1 amide bonds. The number of nitrogens with two attached hydrogens (primary N) is 1. The van der Waals surface area contributed by atoms with Crippen LogP contribution >= 0.6 is 0 Å². The van der Waals surface area contributed by atoms with Crippen LogP contribution in [0.15, 0.2) is 30.7 Å². The molecule has 0 aliphatic rings. The van der Waals surface area contributed by atoms with Crippen molar-refractivity contribution in [3.63, 3.8) is 0 Å². The van der Waals surface area contributed by atoms with Crippen molar-refractivity contribution in [2.45, 2.75) is 18.9 Å². The maximum Gasteiger partial charge on any atom is 0.237 e. The summed E-state index contributed by atoms with van der Waals surface area (Å²) in [5, 5.41) is 21.3. The quantitative estimate of drug-likeness (QED) is 0.481. The van der Waals surface area contributed by atoms with Crippen LogP contribution in [-0.4, -0.2) is 38.7 Å². The lowest BCUT2D eigenvalue weighted by atomic mass is 10.1. The summed E-state index contributed by atoms with van der Waals surface area (Å²) in [7, 11) is 0. The van der Waals surface area contributed by atoms with Gasteiger partial charge < -0.3 is 26.2 Å². The number of aromatic hydroxyl groups is 2. The molecule has 21 heavy (non-hydrogen) atoms. The highest BCUT2D eigenvalue weighted by Gasteiger charge is 2.14. The smallest absolute Gasteiger partial charge is 0.237 e. The maximum atomic E-state index is 11.8. The number of imidazole rings is 1. The van der Waals surface area contributed by atoms with Crippen molar-refractivity contribution in [1.82, 2.24) is 15.3 Å². The normalized spacial score (nSPS) is 12.0. The Morgan fingerprint density at radius 3 is 2.86 bits per heavy atom. The van der Waals surface area contributed by atoms with E-state index in [9.17, 15) is 15.0 Å². The molecule has 2 aromatic rings. The number of H-pyrrole nitrogens is 1. The Kier molecular flexibility index (Phi) is 4.78. The number of carbonyl (C=O) groups is 1. The summed E-state index contributed by atoms with van der Waals surface area (Å²) < 4.78 is 0. The third kappa shape index (κ3) is 4.22. The van der Waals surface area contributed by atoms with Crippen LogP contribution in [0.2, 0.25) is 0 Å². The molecular weight excluding hydrogens is 272 g/mol. The molecule has 0 saturated heterocycles. The van der Waals surface area contributed by atoms with Crippen LogP contribution < -0.4 is 11.1 Å². The molecular formula is C14H18N4O3. The fraction of sp³-hybridized carbons (Fsp3) is 0.286. The van der Waals surface area contributed by atoms with Crippen molar-refractivity contribution in [3.05, 3.63) is 42.0 Å². The minimum absolute atomic E-state index is 0.163. The molecule has 1 aromatic heterocycles. The van der Waals surface area contributed by atoms with E-state index in [4.69, 9.17) is 5.73 Å². The van der Waals surface area contributed by atoms with Gasteiger partial charge in [0.05, 0.1) is 12.4 Å². The average molecular weight is 290 g/mol. The first-order chi connectivity index (χ1) is 10.1. The lowest BCUT2D eigenvalue weighted by Crippen LogP contribution is -2.42. The van der Waals surface area contributed by atoms with Gasteiger partial charge in [-0.1, -0.05) is 6.07 Å². The predicted octanol–water partition coefficient (Wildman–Crippen LogP) is 0.0496. The van der Waals surface area contributed by atoms with E-state index < -0.39 is 6.04 Å². The zero-order chi connectivity index (χ0) is 15.2. The Labute approximate surface area is 121 Å². The average Bonchev–Trinajstić information content (AvgIpc) is 2.95. The number of aromatic nitrogens is 2. The standard InChI is InChI=1S/C14H18N4O3/c15-11(6-10-7-16-8-18-10)14(21)17-4-3-9-1-2-12(19)13(20)5-9/h1-2,5,7-8,11,19-20H,3-4,6,15H2,(H,16,18)(H,17,21)/t11-/m0/s1. The van der Waals surface area contributed by atoms with Crippen molar-refractivity contribution in [2.24, 2.45) is 5.73 Å². The van der Waals surface area contributed by atoms with E-state index in [-0.39, 0.29) is 17.4 Å². The molecule has 1 atom stereocenters. The largest absolute Gasteiger partial charge is 0.504 e. The number of rotatable bonds is 6. The van der Waals surface area contributed by atoms with E-state index >= 15 is 0 Å². The molecule has 1 aromatic carbocycles. The summed E-state index contributed by atoms with van der Waals surface area (Å²) >= 11 is 0. The number of nitrogens with one attached hydrogen (secondary N) is 2. The maximum absolute atomic E-state index is 11.8. The summed E-state index contributed by atoms with van der Waals surface area (Å²) in [6.07, 6.45) is 4.10. The van der Waals surface area contributed by atoms with Crippen molar-refractivity contribution in [1.29, 1.82) is 0 Å². The molecule has 0 aliphatic heterocycles. The highest BCUT2D eigenvalue weighted by molar-refractivity contribution is 5.81. The Bertz CT molecular complexity index is 598. The number of phenolic OH excluding ortho intramolecular Hbond substituents is 2. The second-order valence-electron chi connectivity index (χ2n) is 4.75. The van der Waals surface area contributed by atoms with Crippen molar-refractivity contribution in [3.8, 4) is 11.5 Å². The molecule has 7 heteroatoms. The van der Waals surface area contributed by atoms with Crippen molar-refractivity contribution >= 4 is 5.91 Å². The molecule has 0 aliphatic carbocycles. The Balaban J connectivity index is 1.77. The van der Waals surface area contributed by atoms with Crippen LogP contribution in [0.3, 0.4) is 0 Å². The highest BCUT2D eigenvalue weighted by Crippen LogP contribution is 2.24. The van der Waals surface area contributed by atoms with Gasteiger partial charge in [-0.05, 0) is 24.1 Å². The molecule has 1 heterocycles. The lowest BCUT2D eigenvalue weighted by Gasteiger charge is -2.11. The topological polar surface area (TPSA) is 124 Å². The van der Waals surface area contributed by atoms with Gasteiger partial charge in [0.1, 0.15) is 0 Å². The van der Waals surface area contributed by atoms with Crippen molar-refractivity contribution in [2.75, 3.05) is 6.54 Å². The van der Waals surface area contributed by atoms with Crippen LogP contribution in [0.4, 0.5) is 0 Å². The van der Waals surface area contributed by atoms with E-state index in [0.29, 0.717) is 19.4 Å². The van der Waals surface area contributed by atoms with Crippen LogP contribution in [0.5, 0.6) is 11.5 Å². The van der Waals surface area contributed by atoms with Gasteiger partial charge in [0.25, 0.3) is 0 Å². The molecule has 0 spiro atoms. The number of aromatic amines is 1. The first kappa shape index (κ1) is 14.9. The summed E-state index contributed by atoms with van der Waals surface area (Å²) in [4.78, 5) is 18.6. The second kappa shape index (κ2) is 6.76. The molecule has 112 valence electrons. The van der Waals surface area contributed by atoms with E-state index in [1.54, 1.807) is 12.3 Å². The fourth-order valence-corrected chi connectivity index (χ4v) is 1.91. The second-order valence-corrected chi connectivity index (χ2v) is 4.75. The highest BCUT2D eigenvalue weighted by atomic mass is 16.3. The zero-order valence-corrected chi connectivity index (χ0v) is 11.4. The predicted molar refractivity (Wildman–Crippen MR) is 76.8 cm³/mol. The first-order valence-electron chi connectivity index (χ1n) is 6.57. The number of benzene rings is 1. The van der Waals surface area contributed by atoms with Crippen LogP contribution in [0, 0.1) is 0 Å². The SMILES string of the molecule is N[C@@H](Cc1cnc[nH]1)C(=O)NCCc1ccc(O)c(O)c1. The molecule has 0 saturated carbocycles. The minimum Gasteiger partial charge on any atom is -0.504 e. The van der Waals surface area contributed by atoms with E-state index in [1.165, 1.54) is 18.5 Å². The molecule has 0 radical (unpaired) electrons. The minimum atomic E-state index is -0.640. The van der Waals surface area contributed by atoms with Crippen LogP contribution in [0.1, 0.15) is 11.3 Å². The van der Waals surface area contributed by atoms with Crippen molar-refractivity contribution < 1.29 is 15.0 Å². The van der Waals surface area contributed by atoms with Gasteiger partial charge >= 0.3 is 0 Å². The number of nitrogens with zero attached hydrogens (tertiary/aromatic N) is 1. The summed E-state index contributed by atoms with van der Waals surface area (Å²) in [5.41, 5.74) is 7.42. The zero-order valence-electron chi connectivity index (χ0n) is 11.4. The molecule has 0 bridgehead atoms. The molecule has 2 rings (SSSR count). The van der Waals surface area contributed by atoms with Gasteiger partial charge in [0.2, 0.25) is 5.91 Å². The Morgan fingerprint density at radius 1 is 1.38 bits per heavy atom. The first-order valence-corrected chi connectivity index (χ1v) is 6.57. The van der Waals surface area contributed by atoms with E-state index in [1.807, 2.05) is 0 Å². The molecule has 7 nitrogen and oxygen atoms in total. The number of hydrogen-bond donors (Lipinski definition) is 5. The van der Waals surface area contributed by atoms with Gasteiger partial charge in [-0.25, -0.2) is 4.98 Å². The van der Waals surface area contributed by atoms with Gasteiger partial charge in [-0.15, -0.1) is 0 Å². The Morgan fingerprint density at radius 2 is 2.19 bits per heavy atom. The number of phenols is 2. The van der Waals surface area contributed by atoms with Gasteiger partial charge in [0, 0.05) is 24.9 Å². The van der Waals surface area contributed by atoms with Crippen LogP contribution in [0.25, 0.3) is 0 Å². The van der Waals surface area contributed by atoms with Crippen LogP contribution in [-0.2, 0) is 17.6 Å². The third-order valence-electron chi connectivity index (χ3n) is 3.08. The summed E-state index contributed by atoms with van der Waals surface area (Å²) in [5.74, 6) is -0.577. The third-order valence-corrected chi connectivity index (χ3v) is 3.08.